The zero-order valence-corrected chi connectivity index (χ0v) is 23.3. The number of pyridine rings is 2. The van der Waals surface area contributed by atoms with Crippen molar-refractivity contribution in [3.63, 3.8) is 0 Å². The average Bonchev–Trinajstić information content (AvgIpc) is 3.30. The van der Waals surface area contributed by atoms with Gasteiger partial charge in [-0.2, -0.15) is 0 Å². The van der Waals surface area contributed by atoms with Gasteiger partial charge in [0.1, 0.15) is 0 Å². The molecule has 202 valence electrons. The first-order valence-corrected chi connectivity index (χ1v) is 14.1. The van der Waals surface area contributed by atoms with E-state index in [2.05, 4.69) is 81.5 Å². The fraction of sp³-hybridized carbons (Fsp3) is 0.242. The van der Waals surface area contributed by atoms with Crippen LogP contribution in [0.5, 0.6) is 0 Å². The summed E-state index contributed by atoms with van der Waals surface area (Å²) in [5, 5.41) is 4.63. The summed E-state index contributed by atoms with van der Waals surface area (Å²) in [6.07, 6.45) is 10.6. The minimum absolute atomic E-state index is 0.208. The number of benzene rings is 2. The van der Waals surface area contributed by atoms with Crippen molar-refractivity contribution in [2.75, 3.05) is 0 Å². The van der Waals surface area contributed by atoms with Crippen LogP contribution in [-0.4, -0.2) is 25.3 Å². The smallest absolute Gasteiger partial charge is 0.253 e. The number of rotatable bonds is 8. The van der Waals surface area contributed by atoms with Crippen molar-refractivity contribution in [2.45, 2.75) is 44.9 Å². The number of nitrogens with one attached hydrogen (secondary N) is 1. The lowest BCUT2D eigenvalue weighted by atomic mass is 9.90. The first-order valence-electron chi connectivity index (χ1n) is 13.7. The van der Waals surface area contributed by atoms with Crippen LogP contribution in [0.25, 0.3) is 10.9 Å². The van der Waals surface area contributed by atoms with Gasteiger partial charge in [0.25, 0.3) is 5.91 Å². The van der Waals surface area contributed by atoms with Crippen LogP contribution in [0.15, 0.2) is 91.5 Å². The van der Waals surface area contributed by atoms with Crippen molar-refractivity contribution in [3.05, 3.63) is 130 Å². The predicted octanol–water partition coefficient (Wildman–Crippen LogP) is 6.63. The molecule has 0 spiro atoms. The molecule has 1 N–H and O–H groups in total. The molecule has 40 heavy (non-hydrogen) atoms. The van der Waals surface area contributed by atoms with Gasteiger partial charge in [-0.15, -0.1) is 0 Å². The molecule has 1 unspecified atom stereocenters. The number of carbonyl (C=O) groups excluding carboxylic acids is 1. The number of fused-ring (bicyclic) bond motifs is 2. The standard InChI is InChI=1S/C33H32ClN5O/c1-38-21-26(27-11-2-3-12-30(27)38)22-39(31-13-5-9-25-10-6-15-36-32(25)31)20-24-8-4-7-23(17-24)18-37-33(40)28-14-16-35-19-29(28)34/h2-4,6-8,10-12,14-17,19,21,31H,5,9,13,18,20,22H2,1H3,(H,37,40). The van der Waals surface area contributed by atoms with Crippen molar-refractivity contribution in [1.29, 1.82) is 0 Å². The molecule has 3 heterocycles. The van der Waals surface area contributed by atoms with Crippen LogP contribution in [0.4, 0.5) is 0 Å². The Balaban J connectivity index is 1.27. The van der Waals surface area contributed by atoms with Crippen molar-refractivity contribution in [1.82, 2.24) is 24.8 Å². The molecule has 0 radical (unpaired) electrons. The van der Waals surface area contributed by atoms with Gasteiger partial charge >= 0.3 is 0 Å². The molecule has 1 aliphatic rings. The van der Waals surface area contributed by atoms with E-state index < -0.39 is 0 Å². The fourth-order valence-corrected chi connectivity index (χ4v) is 6.10. The van der Waals surface area contributed by atoms with Crippen molar-refractivity contribution >= 4 is 28.4 Å². The summed E-state index contributed by atoms with van der Waals surface area (Å²) in [6.45, 7) is 2.02. The molecule has 6 nitrogen and oxygen atoms in total. The third-order valence-electron chi connectivity index (χ3n) is 7.81. The minimum Gasteiger partial charge on any atom is -0.350 e. The Kier molecular flexibility index (Phi) is 7.62. The van der Waals surface area contributed by atoms with Gasteiger partial charge in [0.15, 0.2) is 0 Å². The number of para-hydroxylation sites is 1. The average molecular weight is 550 g/mol. The quantitative estimate of drug-likeness (QED) is 0.236. The van der Waals surface area contributed by atoms with Crippen molar-refractivity contribution in [3.8, 4) is 0 Å². The van der Waals surface area contributed by atoms with E-state index >= 15 is 0 Å². The highest BCUT2D eigenvalue weighted by Crippen LogP contribution is 2.36. The monoisotopic (exact) mass is 549 g/mol. The number of hydrogen-bond acceptors (Lipinski definition) is 4. The Hall–Kier alpha value is -4.00. The van der Waals surface area contributed by atoms with Gasteiger partial charge in [-0.3, -0.25) is 19.7 Å². The van der Waals surface area contributed by atoms with Crippen LogP contribution < -0.4 is 5.32 Å². The zero-order valence-electron chi connectivity index (χ0n) is 22.6. The summed E-state index contributed by atoms with van der Waals surface area (Å²) in [5.41, 5.74) is 7.79. The van der Waals surface area contributed by atoms with Gasteiger partial charge in [-0.1, -0.05) is 60.1 Å². The van der Waals surface area contributed by atoms with E-state index in [1.54, 1.807) is 12.3 Å². The lowest BCUT2D eigenvalue weighted by molar-refractivity contribution is 0.0951. The van der Waals surface area contributed by atoms with Gasteiger partial charge in [-0.05, 0) is 59.7 Å². The Bertz CT molecular complexity index is 1660. The van der Waals surface area contributed by atoms with Crippen LogP contribution >= 0.6 is 11.6 Å². The molecule has 0 fully saturated rings. The fourth-order valence-electron chi connectivity index (χ4n) is 5.90. The summed E-state index contributed by atoms with van der Waals surface area (Å²) in [7, 11) is 2.12. The lowest BCUT2D eigenvalue weighted by Gasteiger charge is -2.35. The van der Waals surface area contributed by atoms with Gasteiger partial charge in [0.2, 0.25) is 0 Å². The van der Waals surface area contributed by atoms with Crippen LogP contribution in [-0.2, 0) is 33.1 Å². The SMILES string of the molecule is Cn1cc(CN(Cc2cccc(CNC(=O)c3ccncc3Cl)c2)C2CCCc3cccnc32)c2ccccc21. The zero-order chi connectivity index (χ0) is 27.5. The molecule has 3 aromatic heterocycles. The van der Waals surface area contributed by atoms with Crippen molar-refractivity contribution in [2.24, 2.45) is 7.05 Å². The van der Waals surface area contributed by atoms with Gasteiger partial charge in [-0.25, -0.2) is 0 Å². The molecule has 1 atom stereocenters. The predicted molar refractivity (Wildman–Crippen MR) is 159 cm³/mol. The lowest BCUT2D eigenvalue weighted by Crippen LogP contribution is -2.31. The molecule has 7 heteroatoms. The topological polar surface area (TPSA) is 63.0 Å². The molecule has 1 aliphatic carbocycles. The molecule has 0 aliphatic heterocycles. The molecule has 1 amide bonds. The van der Waals surface area contributed by atoms with E-state index in [4.69, 9.17) is 16.6 Å². The maximum Gasteiger partial charge on any atom is 0.253 e. The maximum atomic E-state index is 12.7. The van der Waals surface area contributed by atoms with E-state index in [9.17, 15) is 4.79 Å². The second-order valence-corrected chi connectivity index (χ2v) is 10.9. The number of hydrogen-bond donors (Lipinski definition) is 1. The largest absolute Gasteiger partial charge is 0.350 e. The highest BCUT2D eigenvalue weighted by atomic mass is 35.5. The number of carbonyl (C=O) groups is 1. The number of aromatic nitrogens is 3. The maximum absolute atomic E-state index is 12.7. The van der Waals surface area contributed by atoms with Crippen LogP contribution in [0.2, 0.25) is 5.02 Å². The molecule has 0 saturated carbocycles. The molecular formula is C33H32ClN5O. The second kappa shape index (κ2) is 11.6. The third-order valence-corrected chi connectivity index (χ3v) is 8.11. The number of halogens is 1. The summed E-state index contributed by atoms with van der Waals surface area (Å²) < 4.78 is 2.22. The van der Waals surface area contributed by atoms with E-state index in [1.807, 2.05) is 18.3 Å². The Morgan fingerprint density at radius 2 is 1.93 bits per heavy atom. The highest BCUT2D eigenvalue weighted by Gasteiger charge is 2.28. The number of nitrogens with zero attached hydrogens (tertiary/aromatic N) is 4. The van der Waals surface area contributed by atoms with E-state index in [0.29, 0.717) is 17.1 Å². The van der Waals surface area contributed by atoms with Crippen LogP contribution in [0, 0.1) is 0 Å². The van der Waals surface area contributed by atoms with E-state index in [-0.39, 0.29) is 11.9 Å². The Morgan fingerprint density at radius 3 is 2.83 bits per heavy atom. The Labute approximate surface area is 239 Å². The summed E-state index contributed by atoms with van der Waals surface area (Å²) in [4.78, 5) is 24.1. The Morgan fingerprint density at radius 1 is 1.05 bits per heavy atom. The molecule has 5 aromatic rings. The molecule has 6 rings (SSSR count). The number of amides is 1. The molecular weight excluding hydrogens is 518 g/mol. The summed E-state index contributed by atoms with van der Waals surface area (Å²) in [6, 6.07) is 23.2. The first-order chi connectivity index (χ1) is 19.6. The summed E-state index contributed by atoms with van der Waals surface area (Å²) >= 11 is 6.16. The van der Waals surface area contributed by atoms with Crippen LogP contribution in [0.3, 0.4) is 0 Å². The summed E-state index contributed by atoms with van der Waals surface area (Å²) in [5.74, 6) is -0.208. The van der Waals surface area contributed by atoms with Crippen molar-refractivity contribution < 1.29 is 4.79 Å². The normalized spacial score (nSPS) is 14.8. The van der Waals surface area contributed by atoms with Gasteiger partial charge in [0, 0.05) is 62.4 Å². The van der Waals surface area contributed by atoms with Crippen LogP contribution in [0.1, 0.15) is 57.2 Å². The first kappa shape index (κ1) is 26.2. The minimum atomic E-state index is -0.208. The molecule has 0 bridgehead atoms. The molecule has 0 saturated heterocycles. The van der Waals surface area contributed by atoms with E-state index in [1.165, 1.54) is 39.5 Å². The third kappa shape index (κ3) is 5.51. The van der Waals surface area contributed by atoms with Gasteiger partial charge < -0.3 is 9.88 Å². The highest BCUT2D eigenvalue weighted by molar-refractivity contribution is 6.33. The second-order valence-electron chi connectivity index (χ2n) is 10.5. The van der Waals surface area contributed by atoms with Gasteiger partial charge in [0.05, 0.1) is 22.3 Å². The van der Waals surface area contributed by atoms with E-state index in [0.717, 1.165) is 37.9 Å². The number of aryl methyl sites for hydroxylation is 2. The molecule has 2 aromatic carbocycles.